The van der Waals surface area contributed by atoms with Crippen molar-refractivity contribution in [1.29, 1.82) is 0 Å². The van der Waals surface area contributed by atoms with E-state index in [0.29, 0.717) is 22.9 Å². The van der Waals surface area contributed by atoms with Gasteiger partial charge in [0.1, 0.15) is 5.82 Å². The van der Waals surface area contributed by atoms with E-state index < -0.39 is 0 Å². The number of nitrogens with one attached hydrogen (secondary N) is 1. The summed E-state index contributed by atoms with van der Waals surface area (Å²) in [7, 11) is 0. The van der Waals surface area contributed by atoms with Gasteiger partial charge in [-0.25, -0.2) is 4.98 Å². The Hall–Kier alpha value is -2.60. The molecule has 1 saturated heterocycles. The van der Waals surface area contributed by atoms with Gasteiger partial charge in [0.2, 0.25) is 0 Å². The molecule has 0 unspecified atom stereocenters. The molecule has 0 saturated carbocycles. The number of hydrogen-bond acceptors (Lipinski definition) is 5. The van der Waals surface area contributed by atoms with Crippen molar-refractivity contribution in [1.82, 2.24) is 4.98 Å². The molecule has 1 fully saturated rings. The third-order valence-corrected chi connectivity index (χ3v) is 5.29. The topological polar surface area (TPSA) is 71.5 Å². The highest BCUT2D eigenvalue weighted by Crippen LogP contribution is 2.24. The largest absolute Gasteiger partial charge is 0.466 e. The van der Waals surface area contributed by atoms with Gasteiger partial charge in [0.25, 0.3) is 5.91 Å². The fourth-order valence-electron chi connectivity index (χ4n) is 3.19. The number of aryl methyl sites for hydroxylation is 1. The third kappa shape index (κ3) is 4.81. The number of carbonyl (C=O) groups excluding carboxylic acids is 2. The first kappa shape index (κ1) is 20.1. The zero-order chi connectivity index (χ0) is 20.1. The normalized spacial score (nSPS) is 14.6. The van der Waals surface area contributed by atoms with Gasteiger partial charge in [-0.3, -0.25) is 9.59 Å². The third-order valence-electron chi connectivity index (χ3n) is 4.88. The van der Waals surface area contributed by atoms with Crippen molar-refractivity contribution in [2.45, 2.75) is 26.7 Å². The minimum absolute atomic E-state index is 0.0393. The first-order chi connectivity index (χ1) is 13.5. The number of aromatic nitrogens is 1. The first-order valence-corrected chi connectivity index (χ1v) is 9.81. The molecule has 1 aliphatic heterocycles. The zero-order valence-electron chi connectivity index (χ0n) is 16.1. The first-order valence-electron chi connectivity index (χ1n) is 9.43. The molecule has 3 rings (SSSR count). The van der Waals surface area contributed by atoms with Gasteiger partial charge in [0.05, 0.1) is 18.1 Å². The summed E-state index contributed by atoms with van der Waals surface area (Å²) < 4.78 is 5.10. The maximum atomic E-state index is 12.4. The molecule has 28 heavy (non-hydrogen) atoms. The lowest BCUT2D eigenvalue weighted by Crippen LogP contribution is -2.37. The zero-order valence-corrected chi connectivity index (χ0v) is 16.8. The van der Waals surface area contributed by atoms with Crippen molar-refractivity contribution in [3.05, 3.63) is 52.7 Å². The van der Waals surface area contributed by atoms with Crippen molar-refractivity contribution in [3.63, 3.8) is 0 Å². The number of nitrogens with zero attached hydrogens (tertiary/aromatic N) is 2. The van der Waals surface area contributed by atoms with Crippen LogP contribution in [0.2, 0.25) is 5.02 Å². The number of anilines is 2. The van der Waals surface area contributed by atoms with Gasteiger partial charge < -0.3 is 15.0 Å². The molecule has 6 nitrogen and oxygen atoms in total. The lowest BCUT2D eigenvalue weighted by Gasteiger charge is -2.31. The highest BCUT2D eigenvalue weighted by Gasteiger charge is 2.26. The Morgan fingerprint density at radius 2 is 2.00 bits per heavy atom. The molecule has 2 heterocycles. The average molecular weight is 402 g/mol. The van der Waals surface area contributed by atoms with Crippen LogP contribution in [0.25, 0.3) is 0 Å². The van der Waals surface area contributed by atoms with Gasteiger partial charge in [-0.15, -0.1) is 0 Å². The number of carbonyl (C=O) groups is 2. The fraction of sp³-hybridized carbons (Fsp3) is 0.381. The van der Waals surface area contributed by atoms with Gasteiger partial charge >= 0.3 is 5.97 Å². The summed E-state index contributed by atoms with van der Waals surface area (Å²) in [4.78, 5) is 30.8. The summed E-state index contributed by atoms with van der Waals surface area (Å²) in [6, 6.07) is 8.99. The minimum atomic E-state index is -0.236. The molecule has 1 N–H and O–H groups in total. The fourth-order valence-corrected chi connectivity index (χ4v) is 3.37. The molecule has 2 aromatic rings. The van der Waals surface area contributed by atoms with E-state index in [4.69, 9.17) is 16.3 Å². The van der Waals surface area contributed by atoms with E-state index in [0.717, 1.165) is 37.3 Å². The van der Waals surface area contributed by atoms with Crippen molar-refractivity contribution in [2.24, 2.45) is 5.92 Å². The highest BCUT2D eigenvalue weighted by molar-refractivity contribution is 6.31. The number of amides is 1. The number of esters is 1. The molecule has 7 heteroatoms. The summed E-state index contributed by atoms with van der Waals surface area (Å²) in [6.45, 7) is 5.63. The van der Waals surface area contributed by atoms with E-state index in [1.54, 1.807) is 18.3 Å². The second-order valence-corrected chi connectivity index (χ2v) is 7.24. The number of benzene rings is 1. The maximum absolute atomic E-state index is 12.4. The molecule has 148 valence electrons. The Balaban J connectivity index is 1.58. The summed E-state index contributed by atoms with van der Waals surface area (Å²) in [5.74, 6) is 0.415. The number of rotatable bonds is 5. The molecule has 1 aliphatic rings. The number of piperidine rings is 1. The molecule has 0 bridgehead atoms. The van der Waals surface area contributed by atoms with Gasteiger partial charge in [0.15, 0.2) is 0 Å². The van der Waals surface area contributed by atoms with Crippen LogP contribution < -0.4 is 10.2 Å². The van der Waals surface area contributed by atoms with Crippen LogP contribution in [0.15, 0.2) is 36.5 Å². The van der Waals surface area contributed by atoms with E-state index in [-0.39, 0.29) is 17.8 Å². The second-order valence-electron chi connectivity index (χ2n) is 6.84. The lowest BCUT2D eigenvalue weighted by atomic mass is 9.97. The second kappa shape index (κ2) is 9.06. The van der Waals surface area contributed by atoms with E-state index in [9.17, 15) is 9.59 Å². The van der Waals surface area contributed by atoms with E-state index in [1.807, 2.05) is 32.0 Å². The molecule has 0 aliphatic carbocycles. The van der Waals surface area contributed by atoms with Gasteiger partial charge in [-0.2, -0.15) is 0 Å². The van der Waals surface area contributed by atoms with Crippen LogP contribution in [0, 0.1) is 12.8 Å². The van der Waals surface area contributed by atoms with Crippen LogP contribution in [0.3, 0.4) is 0 Å². The smallest absolute Gasteiger partial charge is 0.309 e. The lowest BCUT2D eigenvalue weighted by molar-refractivity contribution is -0.148. The minimum Gasteiger partial charge on any atom is -0.466 e. The Morgan fingerprint density at radius 1 is 1.25 bits per heavy atom. The Bertz CT molecular complexity index is 846. The molecule has 0 radical (unpaired) electrons. The molecule has 1 aromatic carbocycles. The molecule has 0 spiro atoms. The van der Waals surface area contributed by atoms with E-state index >= 15 is 0 Å². The molecular formula is C21H24ClN3O3. The SMILES string of the molecule is CCOC(=O)C1CCN(c2ccc(C(=O)Nc3ccc(C)c(Cl)c3)cn2)CC1. The predicted octanol–water partition coefficient (Wildman–Crippen LogP) is 4.08. The van der Waals surface area contributed by atoms with Crippen LogP contribution in [-0.4, -0.2) is 36.6 Å². The van der Waals surface area contributed by atoms with Crippen LogP contribution in [0.1, 0.15) is 35.7 Å². The molecule has 1 aromatic heterocycles. The summed E-state index contributed by atoms with van der Waals surface area (Å²) in [6.07, 6.45) is 3.06. The van der Waals surface area contributed by atoms with Crippen LogP contribution in [-0.2, 0) is 9.53 Å². The Labute approximate surface area is 169 Å². The Morgan fingerprint density at radius 3 is 2.61 bits per heavy atom. The molecule has 0 atom stereocenters. The highest BCUT2D eigenvalue weighted by atomic mass is 35.5. The van der Waals surface area contributed by atoms with Crippen LogP contribution in [0.4, 0.5) is 11.5 Å². The van der Waals surface area contributed by atoms with Gasteiger partial charge in [-0.05, 0) is 56.5 Å². The van der Waals surface area contributed by atoms with Crippen molar-refractivity contribution in [3.8, 4) is 0 Å². The van der Waals surface area contributed by atoms with Gasteiger partial charge in [0, 0.05) is 30.0 Å². The van der Waals surface area contributed by atoms with Crippen molar-refractivity contribution < 1.29 is 14.3 Å². The Kier molecular flexibility index (Phi) is 6.52. The van der Waals surface area contributed by atoms with Crippen LogP contribution in [0.5, 0.6) is 0 Å². The molecular weight excluding hydrogens is 378 g/mol. The van der Waals surface area contributed by atoms with Crippen molar-refractivity contribution >= 4 is 35.0 Å². The van der Waals surface area contributed by atoms with E-state index in [1.165, 1.54) is 0 Å². The number of ether oxygens (including phenoxy) is 1. The summed E-state index contributed by atoms with van der Waals surface area (Å²) in [5.41, 5.74) is 2.07. The summed E-state index contributed by atoms with van der Waals surface area (Å²) >= 11 is 6.10. The maximum Gasteiger partial charge on any atom is 0.309 e. The quantitative estimate of drug-likeness (QED) is 0.764. The monoisotopic (exact) mass is 401 g/mol. The average Bonchev–Trinajstić information content (AvgIpc) is 2.71. The standard InChI is InChI=1S/C21H24ClN3O3/c1-3-28-21(27)15-8-10-25(11-9-15)19-7-5-16(13-23-19)20(26)24-17-6-4-14(2)18(22)12-17/h4-7,12-13,15H,3,8-11H2,1-2H3,(H,24,26). The summed E-state index contributed by atoms with van der Waals surface area (Å²) in [5, 5.41) is 3.44. The number of hydrogen-bond donors (Lipinski definition) is 1. The van der Waals surface area contributed by atoms with Gasteiger partial charge in [-0.1, -0.05) is 17.7 Å². The molecule has 1 amide bonds. The van der Waals surface area contributed by atoms with Crippen molar-refractivity contribution in [2.75, 3.05) is 29.9 Å². The predicted molar refractivity (Wildman–Crippen MR) is 110 cm³/mol. The number of pyridine rings is 1. The van der Waals surface area contributed by atoms with E-state index in [2.05, 4.69) is 15.2 Å². The number of halogens is 1. The van der Waals surface area contributed by atoms with Crippen LogP contribution >= 0.6 is 11.6 Å².